The van der Waals surface area contributed by atoms with Crippen LogP contribution in [0.25, 0.3) is 0 Å². The minimum Gasteiger partial charge on any atom is -0.494 e. The molecule has 1 amide bonds. The molecule has 1 aromatic heterocycles. The molecule has 0 aliphatic carbocycles. The molecule has 0 bridgehead atoms. The second-order valence-electron chi connectivity index (χ2n) is 10.4. The van der Waals surface area contributed by atoms with E-state index in [4.69, 9.17) is 4.74 Å². The van der Waals surface area contributed by atoms with Crippen molar-refractivity contribution < 1.29 is 9.53 Å². The van der Waals surface area contributed by atoms with Crippen molar-refractivity contribution in [1.29, 1.82) is 0 Å². The fourth-order valence-electron chi connectivity index (χ4n) is 5.46. The van der Waals surface area contributed by atoms with Crippen LogP contribution in [0.2, 0.25) is 0 Å². The van der Waals surface area contributed by atoms with Crippen LogP contribution in [0.5, 0.6) is 5.75 Å². The van der Waals surface area contributed by atoms with E-state index in [0.717, 1.165) is 79.9 Å². The van der Waals surface area contributed by atoms with Crippen LogP contribution in [0, 0.1) is 19.8 Å². The molecule has 7 nitrogen and oxygen atoms in total. The second kappa shape index (κ2) is 13.0. The van der Waals surface area contributed by atoms with E-state index in [0.29, 0.717) is 13.2 Å². The van der Waals surface area contributed by atoms with Gasteiger partial charge >= 0.3 is 0 Å². The van der Waals surface area contributed by atoms with Gasteiger partial charge in [-0.25, -0.2) is 9.97 Å². The summed E-state index contributed by atoms with van der Waals surface area (Å²) >= 11 is 0. The van der Waals surface area contributed by atoms with Gasteiger partial charge in [-0.3, -0.25) is 4.79 Å². The number of hydrogen-bond donors (Lipinski definition) is 1. The molecule has 0 radical (unpaired) electrons. The average Bonchev–Trinajstić information content (AvgIpc) is 3.40. The van der Waals surface area contributed by atoms with E-state index in [9.17, 15) is 4.79 Å². The number of hydrogen-bond acceptors (Lipinski definition) is 6. The number of piperidine rings is 1. The molecule has 3 heterocycles. The number of likely N-dealkylation sites (tertiary alicyclic amines) is 1. The van der Waals surface area contributed by atoms with Crippen LogP contribution in [0.1, 0.15) is 72.5 Å². The third-order valence-corrected chi connectivity index (χ3v) is 7.67. The molecule has 0 atom stereocenters. The van der Waals surface area contributed by atoms with Gasteiger partial charge in [0.15, 0.2) is 0 Å². The van der Waals surface area contributed by atoms with Crippen LogP contribution in [-0.4, -0.2) is 66.7 Å². The van der Waals surface area contributed by atoms with Gasteiger partial charge in [-0.05, 0) is 107 Å². The van der Waals surface area contributed by atoms with Crippen LogP contribution in [0.4, 0.5) is 5.95 Å². The molecule has 1 aromatic carbocycles. The second-order valence-corrected chi connectivity index (χ2v) is 10.4. The summed E-state index contributed by atoms with van der Waals surface area (Å²) < 4.78 is 6.09. The Hall–Kier alpha value is -2.67. The summed E-state index contributed by atoms with van der Waals surface area (Å²) in [6, 6.07) is 4.01. The molecule has 2 aliphatic rings. The zero-order valence-corrected chi connectivity index (χ0v) is 22.4. The Balaban J connectivity index is 1.16. The number of anilines is 1. The van der Waals surface area contributed by atoms with Crippen molar-refractivity contribution in [2.24, 2.45) is 5.92 Å². The number of nitrogens with one attached hydrogen (secondary N) is 1. The number of aromatic nitrogens is 2. The predicted molar refractivity (Wildman–Crippen MR) is 145 cm³/mol. The first kappa shape index (κ1) is 26.4. The number of benzene rings is 1. The summed E-state index contributed by atoms with van der Waals surface area (Å²) in [7, 11) is 0. The lowest BCUT2D eigenvalue weighted by Gasteiger charge is -2.32. The van der Waals surface area contributed by atoms with Crippen molar-refractivity contribution in [3.63, 3.8) is 0 Å². The van der Waals surface area contributed by atoms with Crippen LogP contribution in [0.3, 0.4) is 0 Å². The van der Waals surface area contributed by atoms with E-state index in [1.54, 1.807) is 0 Å². The van der Waals surface area contributed by atoms with E-state index in [1.165, 1.54) is 37.7 Å². The third-order valence-electron chi connectivity index (χ3n) is 7.67. The Labute approximate surface area is 216 Å². The maximum Gasteiger partial charge on any atom is 0.251 e. The number of aryl methyl sites for hydroxylation is 3. The highest BCUT2D eigenvalue weighted by atomic mass is 16.5. The largest absolute Gasteiger partial charge is 0.494 e. The SMILES string of the molecule is CCc1cnc(N2CCC(CCCOc3cc(C)c(C(=O)NCCN4CCCC4)c(C)c3)CC2)nc1. The first-order valence-electron chi connectivity index (χ1n) is 13.8. The normalized spacial score (nSPS) is 16.9. The number of carbonyl (C=O) groups excluding carboxylic acids is 1. The molecule has 2 aliphatic heterocycles. The summed E-state index contributed by atoms with van der Waals surface area (Å²) in [5, 5.41) is 3.10. The number of ether oxygens (including phenoxy) is 1. The lowest BCUT2D eigenvalue weighted by atomic mass is 9.92. The zero-order valence-electron chi connectivity index (χ0n) is 22.4. The summed E-state index contributed by atoms with van der Waals surface area (Å²) in [6.45, 7) is 12.8. The van der Waals surface area contributed by atoms with Gasteiger partial charge in [-0.15, -0.1) is 0 Å². The molecule has 4 rings (SSSR count). The molecule has 196 valence electrons. The summed E-state index contributed by atoms with van der Waals surface area (Å²) in [4.78, 5) is 26.6. The van der Waals surface area contributed by atoms with Gasteiger partial charge in [0.2, 0.25) is 5.95 Å². The van der Waals surface area contributed by atoms with E-state index in [1.807, 2.05) is 38.4 Å². The van der Waals surface area contributed by atoms with E-state index in [-0.39, 0.29) is 5.91 Å². The molecule has 0 unspecified atom stereocenters. The average molecular weight is 494 g/mol. The van der Waals surface area contributed by atoms with Crippen molar-refractivity contribution in [2.75, 3.05) is 50.8 Å². The molecule has 2 fully saturated rings. The van der Waals surface area contributed by atoms with Gasteiger partial charge in [-0.2, -0.15) is 0 Å². The molecule has 1 N–H and O–H groups in total. The minimum atomic E-state index is 0.0220. The van der Waals surface area contributed by atoms with Crippen molar-refractivity contribution in [2.45, 2.75) is 65.7 Å². The third kappa shape index (κ3) is 7.19. The van der Waals surface area contributed by atoms with Gasteiger partial charge in [0, 0.05) is 44.1 Å². The fourth-order valence-corrected chi connectivity index (χ4v) is 5.46. The van der Waals surface area contributed by atoms with Crippen molar-refractivity contribution >= 4 is 11.9 Å². The quantitative estimate of drug-likeness (QED) is 0.463. The van der Waals surface area contributed by atoms with E-state index >= 15 is 0 Å². The smallest absolute Gasteiger partial charge is 0.251 e. The minimum absolute atomic E-state index is 0.0220. The Kier molecular flexibility index (Phi) is 9.56. The highest BCUT2D eigenvalue weighted by molar-refractivity contribution is 5.97. The van der Waals surface area contributed by atoms with E-state index < -0.39 is 0 Å². The Morgan fingerprint density at radius 3 is 2.36 bits per heavy atom. The Bertz CT molecular complexity index is 957. The fraction of sp³-hybridized carbons (Fsp3) is 0.621. The molecule has 2 aromatic rings. The van der Waals surface area contributed by atoms with Gasteiger partial charge < -0.3 is 19.9 Å². The highest BCUT2D eigenvalue weighted by Crippen LogP contribution is 2.25. The van der Waals surface area contributed by atoms with Gasteiger partial charge in [0.05, 0.1) is 6.61 Å². The van der Waals surface area contributed by atoms with Crippen molar-refractivity contribution in [1.82, 2.24) is 20.2 Å². The number of nitrogens with zero attached hydrogens (tertiary/aromatic N) is 4. The molecule has 7 heteroatoms. The zero-order chi connectivity index (χ0) is 25.3. The summed E-state index contributed by atoms with van der Waals surface area (Å²) in [5.74, 6) is 2.48. The topological polar surface area (TPSA) is 70.6 Å². The molecule has 2 saturated heterocycles. The lowest BCUT2D eigenvalue weighted by molar-refractivity contribution is 0.0948. The lowest BCUT2D eigenvalue weighted by Crippen LogP contribution is -2.35. The van der Waals surface area contributed by atoms with Crippen LogP contribution in [-0.2, 0) is 6.42 Å². The van der Waals surface area contributed by atoms with Gasteiger partial charge in [0.1, 0.15) is 5.75 Å². The molecule has 0 saturated carbocycles. The standard InChI is InChI=1S/C29H43N5O2/c1-4-24-20-31-29(32-21-24)34-14-9-25(10-15-34)8-7-17-36-26-18-22(2)27(23(3)19-26)28(35)30-11-16-33-12-5-6-13-33/h18-21,25H,4-17H2,1-3H3,(H,30,35). The maximum absolute atomic E-state index is 12.8. The van der Waals surface area contributed by atoms with Gasteiger partial charge in [-0.1, -0.05) is 6.92 Å². The highest BCUT2D eigenvalue weighted by Gasteiger charge is 2.21. The monoisotopic (exact) mass is 493 g/mol. The molecular formula is C29H43N5O2. The molecular weight excluding hydrogens is 450 g/mol. The van der Waals surface area contributed by atoms with E-state index in [2.05, 4.69) is 32.0 Å². The summed E-state index contributed by atoms with van der Waals surface area (Å²) in [5.41, 5.74) is 3.92. The van der Waals surface area contributed by atoms with Crippen LogP contribution < -0.4 is 15.0 Å². The van der Waals surface area contributed by atoms with Gasteiger partial charge in [0.25, 0.3) is 5.91 Å². The number of amides is 1. The molecule has 0 spiro atoms. The molecule has 36 heavy (non-hydrogen) atoms. The number of rotatable bonds is 11. The van der Waals surface area contributed by atoms with Crippen LogP contribution >= 0.6 is 0 Å². The Morgan fingerprint density at radius 1 is 1.06 bits per heavy atom. The first-order valence-corrected chi connectivity index (χ1v) is 13.8. The predicted octanol–water partition coefficient (Wildman–Crippen LogP) is 4.56. The van der Waals surface area contributed by atoms with Crippen molar-refractivity contribution in [3.8, 4) is 5.75 Å². The first-order chi connectivity index (χ1) is 17.5. The Morgan fingerprint density at radius 2 is 1.72 bits per heavy atom. The van der Waals surface area contributed by atoms with Crippen LogP contribution in [0.15, 0.2) is 24.5 Å². The van der Waals surface area contributed by atoms with Crippen molar-refractivity contribution in [3.05, 3.63) is 46.8 Å². The number of carbonyl (C=O) groups is 1. The maximum atomic E-state index is 12.8. The summed E-state index contributed by atoms with van der Waals surface area (Å²) in [6.07, 6.45) is 12.0.